The van der Waals surface area contributed by atoms with Crippen LogP contribution >= 0.6 is 0 Å². The van der Waals surface area contributed by atoms with Crippen LogP contribution in [-0.2, 0) is 6.42 Å². The Hall–Kier alpha value is -3.21. The highest BCUT2D eigenvalue weighted by atomic mass is 19.1. The largest absolute Gasteiger partial charge is 0.335 e. The summed E-state index contributed by atoms with van der Waals surface area (Å²) in [6, 6.07) is 19.5. The Morgan fingerprint density at radius 1 is 0.967 bits per heavy atom. The second-order valence-electron chi connectivity index (χ2n) is 7.79. The molecule has 1 amide bonds. The van der Waals surface area contributed by atoms with E-state index in [4.69, 9.17) is 0 Å². The summed E-state index contributed by atoms with van der Waals surface area (Å²) in [5, 5.41) is 0. The van der Waals surface area contributed by atoms with E-state index in [1.165, 1.54) is 12.1 Å². The highest BCUT2D eigenvalue weighted by Crippen LogP contribution is 2.25. The van der Waals surface area contributed by atoms with Crippen LogP contribution in [0.4, 0.5) is 4.39 Å². The third kappa shape index (κ3) is 4.51. The number of hydrogen-bond donors (Lipinski definition) is 1. The molecular weight excluding hydrogens is 379 g/mol. The molecule has 0 radical (unpaired) electrons. The van der Waals surface area contributed by atoms with Gasteiger partial charge in [0.1, 0.15) is 11.4 Å². The summed E-state index contributed by atoms with van der Waals surface area (Å²) in [6.07, 6.45) is 4.72. The molecule has 1 aliphatic rings. The zero-order chi connectivity index (χ0) is 20.9. The summed E-state index contributed by atoms with van der Waals surface area (Å²) in [5.41, 5.74) is 2.36. The molecule has 30 heavy (non-hydrogen) atoms. The van der Waals surface area contributed by atoms with Crippen molar-refractivity contribution in [3.63, 3.8) is 0 Å². The summed E-state index contributed by atoms with van der Waals surface area (Å²) in [5.74, 6) is -0.502. The predicted molar refractivity (Wildman–Crippen MR) is 116 cm³/mol. The summed E-state index contributed by atoms with van der Waals surface area (Å²) in [7, 11) is 0. The second-order valence-corrected chi connectivity index (χ2v) is 7.79. The van der Waals surface area contributed by atoms with E-state index >= 15 is 0 Å². The lowest BCUT2D eigenvalue weighted by atomic mass is 10.1. The third-order valence-electron chi connectivity index (χ3n) is 5.81. The van der Waals surface area contributed by atoms with Crippen molar-refractivity contribution in [2.45, 2.75) is 38.1 Å². The first-order valence-corrected chi connectivity index (χ1v) is 10.5. The molecule has 0 saturated heterocycles. The van der Waals surface area contributed by atoms with Crippen molar-refractivity contribution in [1.29, 1.82) is 0 Å². The van der Waals surface area contributed by atoms with Crippen molar-refractivity contribution in [3.8, 4) is 11.3 Å². The topological polar surface area (TPSA) is 53.2 Å². The van der Waals surface area contributed by atoms with Crippen molar-refractivity contribution in [2.24, 2.45) is 0 Å². The summed E-state index contributed by atoms with van der Waals surface area (Å²) < 4.78 is 13.2. The Morgan fingerprint density at radius 3 is 2.33 bits per heavy atom. The quantitative estimate of drug-likeness (QED) is 0.641. The van der Waals surface area contributed by atoms with Crippen LogP contribution in [0.2, 0.25) is 0 Å². The molecule has 154 valence electrons. The average molecular weight is 404 g/mol. The highest BCUT2D eigenvalue weighted by molar-refractivity contribution is 5.94. The van der Waals surface area contributed by atoms with Crippen molar-refractivity contribution < 1.29 is 9.18 Å². The van der Waals surface area contributed by atoms with Gasteiger partial charge in [0.05, 0.1) is 0 Å². The average Bonchev–Trinajstić information content (AvgIpc) is 3.30. The minimum atomic E-state index is -0.369. The first kappa shape index (κ1) is 20.1. The van der Waals surface area contributed by atoms with Gasteiger partial charge in [-0.15, -0.1) is 0 Å². The maximum absolute atomic E-state index is 13.3. The van der Waals surface area contributed by atoms with Gasteiger partial charge in [-0.3, -0.25) is 9.59 Å². The molecule has 1 N–H and O–H groups in total. The maximum Gasteiger partial charge on any atom is 0.261 e. The van der Waals surface area contributed by atoms with Crippen molar-refractivity contribution in [3.05, 3.63) is 94.0 Å². The maximum atomic E-state index is 13.3. The molecule has 2 aromatic carbocycles. The summed E-state index contributed by atoms with van der Waals surface area (Å²) in [4.78, 5) is 30.8. The lowest BCUT2D eigenvalue weighted by Gasteiger charge is -2.29. The van der Waals surface area contributed by atoms with E-state index in [1.54, 1.807) is 24.3 Å². The molecule has 4 nitrogen and oxygen atoms in total. The van der Waals surface area contributed by atoms with Gasteiger partial charge in [0, 0.05) is 18.3 Å². The Balaban J connectivity index is 1.56. The first-order valence-electron chi connectivity index (χ1n) is 10.5. The number of aromatic nitrogens is 1. The number of H-pyrrole nitrogens is 1. The predicted octanol–water partition coefficient (Wildman–Crippen LogP) is 4.81. The Kier molecular flexibility index (Phi) is 6.07. The molecule has 4 rings (SSSR count). The van der Waals surface area contributed by atoms with Crippen LogP contribution in [0.3, 0.4) is 0 Å². The van der Waals surface area contributed by atoms with Crippen molar-refractivity contribution >= 4 is 5.91 Å². The van der Waals surface area contributed by atoms with E-state index in [-0.39, 0.29) is 28.9 Å². The number of carbonyl (C=O) groups is 1. The SMILES string of the molecule is O=C(c1ccc(-c2ccccc2)[nH]c1=O)N(CCc1ccc(F)cc1)C1CCCC1. The standard InChI is InChI=1S/C25H25FN2O2/c26-20-12-10-18(11-13-20)16-17-28(21-8-4-5-9-21)25(30)22-14-15-23(27-24(22)29)19-6-2-1-3-7-19/h1-3,6-7,10-15,21H,4-5,8-9,16-17H2,(H,27,29). The molecule has 0 atom stereocenters. The van der Waals surface area contributed by atoms with Gasteiger partial charge < -0.3 is 9.88 Å². The van der Waals surface area contributed by atoms with Crippen LogP contribution in [0.5, 0.6) is 0 Å². The van der Waals surface area contributed by atoms with Gasteiger partial charge in [-0.1, -0.05) is 55.3 Å². The Labute approximate surface area is 175 Å². The lowest BCUT2D eigenvalue weighted by molar-refractivity contribution is 0.0682. The first-order chi connectivity index (χ1) is 14.6. The molecule has 0 unspecified atom stereocenters. The zero-order valence-electron chi connectivity index (χ0n) is 16.8. The fraction of sp³-hybridized carbons (Fsp3) is 0.280. The van der Waals surface area contributed by atoms with Crippen LogP contribution in [0.15, 0.2) is 71.5 Å². The Bertz CT molecular complexity index is 1050. The molecule has 3 aromatic rings. The number of amides is 1. The number of pyridine rings is 1. The van der Waals surface area contributed by atoms with Crippen LogP contribution < -0.4 is 5.56 Å². The summed E-state index contributed by atoms with van der Waals surface area (Å²) in [6.45, 7) is 0.509. The van der Waals surface area contributed by atoms with Gasteiger partial charge in [-0.2, -0.15) is 0 Å². The number of hydrogen-bond acceptors (Lipinski definition) is 2. The lowest BCUT2D eigenvalue weighted by Crippen LogP contribution is -2.42. The van der Waals surface area contributed by atoms with Gasteiger partial charge in [0.2, 0.25) is 0 Å². The number of benzene rings is 2. The van der Waals surface area contributed by atoms with Crippen LogP contribution in [0, 0.1) is 5.82 Å². The minimum Gasteiger partial charge on any atom is -0.335 e. The van der Waals surface area contributed by atoms with E-state index < -0.39 is 0 Å². The number of carbonyl (C=O) groups excluding carboxylic acids is 1. The third-order valence-corrected chi connectivity index (χ3v) is 5.81. The van der Waals surface area contributed by atoms with Crippen LogP contribution in [0.1, 0.15) is 41.6 Å². The van der Waals surface area contributed by atoms with Crippen LogP contribution in [0.25, 0.3) is 11.3 Å². The molecule has 1 aliphatic carbocycles. The van der Waals surface area contributed by atoms with Gasteiger partial charge in [-0.25, -0.2) is 4.39 Å². The van der Waals surface area contributed by atoms with E-state index in [2.05, 4.69) is 4.98 Å². The van der Waals surface area contributed by atoms with Gasteiger partial charge >= 0.3 is 0 Å². The monoisotopic (exact) mass is 404 g/mol. The fourth-order valence-electron chi connectivity index (χ4n) is 4.15. The smallest absolute Gasteiger partial charge is 0.261 e. The molecule has 1 saturated carbocycles. The van der Waals surface area contributed by atoms with E-state index in [0.29, 0.717) is 18.7 Å². The molecule has 5 heteroatoms. The Morgan fingerprint density at radius 2 is 1.67 bits per heavy atom. The molecular formula is C25H25FN2O2. The molecule has 1 fully saturated rings. The van der Waals surface area contributed by atoms with Gasteiger partial charge in [-0.05, 0) is 54.7 Å². The number of nitrogens with one attached hydrogen (secondary N) is 1. The van der Waals surface area contributed by atoms with Crippen molar-refractivity contribution in [1.82, 2.24) is 9.88 Å². The molecule has 1 heterocycles. The highest BCUT2D eigenvalue weighted by Gasteiger charge is 2.28. The number of rotatable bonds is 6. The van der Waals surface area contributed by atoms with E-state index in [0.717, 1.165) is 36.8 Å². The minimum absolute atomic E-state index is 0.145. The van der Waals surface area contributed by atoms with Crippen LogP contribution in [-0.4, -0.2) is 28.4 Å². The zero-order valence-corrected chi connectivity index (χ0v) is 16.8. The molecule has 1 aromatic heterocycles. The second kappa shape index (κ2) is 9.08. The van der Waals surface area contributed by atoms with E-state index in [1.807, 2.05) is 35.2 Å². The molecule has 0 bridgehead atoms. The molecule has 0 aliphatic heterocycles. The van der Waals surface area contributed by atoms with Gasteiger partial charge in [0.25, 0.3) is 11.5 Å². The normalized spacial score (nSPS) is 14.0. The van der Waals surface area contributed by atoms with Gasteiger partial charge in [0.15, 0.2) is 0 Å². The number of aromatic amines is 1. The molecule has 0 spiro atoms. The van der Waals surface area contributed by atoms with Crippen molar-refractivity contribution in [2.75, 3.05) is 6.54 Å². The van der Waals surface area contributed by atoms with E-state index in [9.17, 15) is 14.0 Å². The number of halogens is 1. The summed E-state index contributed by atoms with van der Waals surface area (Å²) >= 11 is 0. The fourth-order valence-corrected chi connectivity index (χ4v) is 4.15. The number of nitrogens with zero attached hydrogens (tertiary/aromatic N) is 1.